The van der Waals surface area contributed by atoms with Crippen LogP contribution in [0.25, 0.3) is 0 Å². The lowest BCUT2D eigenvalue weighted by atomic mass is 9.92. The topological polar surface area (TPSA) is 56.7 Å². The summed E-state index contributed by atoms with van der Waals surface area (Å²) in [6, 6.07) is 7.78. The molecule has 1 fully saturated rings. The monoisotopic (exact) mass is 330 g/mol. The van der Waals surface area contributed by atoms with Crippen molar-refractivity contribution in [2.45, 2.75) is 26.7 Å². The zero-order chi connectivity index (χ0) is 17.5. The van der Waals surface area contributed by atoms with E-state index in [2.05, 4.69) is 40.4 Å². The fourth-order valence-corrected chi connectivity index (χ4v) is 3.50. The first kappa shape index (κ1) is 18.3. The van der Waals surface area contributed by atoms with E-state index >= 15 is 0 Å². The number of aliphatic imine (C=N–C) groups is 1. The van der Waals surface area contributed by atoms with Crippen LogP contribution in [0.4, 0.5) is 0 Å². The third-order valence-corrected chi connectivity index (χ3v) is 4.49. The van der Waals surface area contributed by atoms with Gasteiger partial charge in [0.2, 0.25) is 0 Å². The zero-order valence-electron chi connectivity index (χ0n) is 15.3. The average molecular weight is 330 g/mol. The number of guanidine groups is 1. The van der Waals surface area contributed by atoms with E-state index in [9.17, 15) is 4.79 Å². The molecule has 132 valence electrons. The lowest BCUT2D eigenvalue weighted by Gasteiger charge is -2.37. The van der Waals surface area contributed by atoms with Gasteiger partial charge in [0.1, 0.15) is 0 Å². The highest BCUT2D eigenvalue weighted by Crippen LogP contribution is 2.20. The minimum Gasteiger partial charge on any atom is -0.356 e. The molecule has 2 rings (SSSR count). The van der Waals surface area contributed by atoms with Crippen molar-refractivity contribution in [2.24, 2.45) is 16.8 Å². The third-order valence-electron chi connectivity index (χ3n) is 4.49. The number of rotatable bonds is 4. The minimum absolute atomic E-state index is 0.0445. The van der Waals surface area contributed by atoms with Crippen LogP contribution >= 0.6 is 0 Å². The van der Waals surface area contributed by atoms with E-state index in [0.717, 1.165) is 37.6 Å². The van der Waals surface area contributed by atoms with Crippen molar-refractivity contribution in [3.05, 3.63) is 35.4 Å². The maximum Gasteiger partial charge on any atom is 0.251 e. The number of hydrogen-bond donors (Lipinski definition) is 2. The molecular formula is C19H30N4O. The Bertz CT molecular complexity index is 574. The molecule has 2 atom stereocenters. The number of carbonyl (C=O) groups is 1. The van der Waals surface area contributed by atoms with E-state index in [1.54, 1.807) is 7.05 Å². The van der Waals surface area contributed by atoms with Crippen LogP contribution in [0.5, 0.6) is 0 Å². The second-order valence-electron chi connectivity index (χ2n) is 6.85. The summed E-state index contributed by atoms with van der Waals surface area (Å²) in [4.78, 5) is 18.5. The van der Waals surface area contributed by atoms with Gasteiger partial charge in [-0.2, -0.15) is 0 Å². The first-order valence-electron chi connectivity index (χ1n) is 8.80. The molecule has 24 heavy (non-hydrogen) atoms. The highest BCUT2D eigenvalue weighted by atomic mass is 16.1. The Morgan fingerprint density at radius 2 is 2.00 bits per heavy atom. The summed E-state index contributed by atoms with van der Waals surface area (Å²) in [6.07, 6.45) is 2.16. The van der Waals surface area contributed by atoms with E-state index in [4.69, 9.17) is 0 Å². The summed E-state index contributed by atoms with van der Waals surface area (Å²) >= 11 is 0. The third kappa shape index (κ3) is 4.98. The molecule has 0 radical (unpaired) electrons. The molecule has 1 aliphatic rings. The predicted octanol–water partition coefficient (Wildman–Crippen LogP) is 2.14. The van der Waals surface area contributed by atoms with E-state index in [-0.39, 0.29) is 5.91 Å². The summed E-state index contributed by atoms with van der Waals surface area (Å²) in [5.74, 6) is 2.35. The van der Waals surface area contributed by atoms with Gasteiger partial charge in [-0.05, 0) is 42.4 Å². The summed E-state index contributed by atoms with van der Waals surface area (Å²) < 4.78 is 0. The summed E-state index contributed by atoms with van der Waals surface area (Å²) in [6.45, 7) is 7.55. The SMILES string of the molecule is CN=C(NCCc1cccc(C(=O)NC)c1)N1CC(C)CC(C)C1. The molecule has 1 aromatic rings. The Labute approximate surface area is 145 Å². The summed E-state index contributed by atoms with van der Waals surface area (Å²) in [5.41, 5.74) is 1.86. The van der Waals surface area contributed by atoms with E-state index in [1.807, 2.05) is 25.2 Å². The van der Waals surface area contributed by atoms with Crippen molar-refractivity contribution < 1.29 is 4.79 Å². The van der Waals surface area contributed by atoms with Crippen LogP contribution in [0.15, 0.2) is 29.3 Å². The number of benzene rings is 1. The van der Waals surface area contributed by atoms with Crippen LogP contribution in [-0.4, -0.2) is 50.5 Å². The van der Waals surface area contributed by atoms with Gasteiger partial charge in [-0.25, -0.2) is 0 Å². The van der Waals surface area contributed by atoms with E-state index < -0.39 is 0 Å². The molecule has 1 aromatic carbocycles. The normalized spacial score (nSPS) is 21.5. The average Bonchev–Trinajstić information content (AvgIpc) is 2.57. The van der Waals surface area contributed by atoms with Gasteiger partial charge < -0.3 is 15.5 Å². The first-order chi connectivity index (χ1) is 11.5. The van der Waals surface area contributed by atoms with Gasteiger partial charge in [0, 0.05) is 39.3 Å². The van der Waals surface area contributed by atoms with E-state index in [1.165, 1.54) is 6.42 Å². The summed E-state index contributed by atoms with van der Waals surface area (Å²) in [5, 5.41) is 6.13. The Morgan fingerprint density at radius 3 is 2.62 bits per heavy atom. The number of amides is 1. The predicted molar refractivity (Wildman–Crippen MR) is 99.4 cm³/mol. The van der Waals surface area contributed by atoms with Crippen LogP contribution in [0.1, 0.15) is 36.2 Å². The fourth-order valence-electron chi connectivity index (χ4n) is 3.50. The van der Waals surface area contributed by atoms with E-state index in [0.29, 0.717) is 17.4 Å². The maximum atomic E-state index is 11.7. The number of piperidine rings is 1. The lowest BCUT2D eigenvalue weighted by molar-refractivity contribution is 0.0963. The van der Waals surface area contributed by atoms with Crippen molar-refractivity contribution in [3.63, 3.8) is 0 Å². The number of nitrogens with zero attached hydrogens (tertiary/aromatic N) is 2. The van der Waals surface area contributed by atoms with Crippen molar-refractivity contribution in [3.8, 4) is 0 Å². The smallest absolute Gasteiger partial charge is 0.251 e. The maximum absolute atomic E-state index is 11.7. The summed E-state index contributed by atoms with van der Waals surface area (Å²) in [7, 11) is 3.50. The van der Waals surface area contributed by atoms with Gasteiger partial charge in [-0.1, -0.05) is 26.0 Å². The van der Waals surface area contributed by atoms with Crippen LogP contribution in [0.2, 0.25) is 0 Å². The van der Waals surface area contributed by atoms with Crippen LogP contribution in [0.3, 0.4) is 0 Å². The van der Waals surface area contributed by atoms with Crippen molar-refractivity contribution in [1.29, 1.82) is 0 Å². The minimum atomic E-state index is -0.0445. The molecule has 1 amide bonds. The molecule has 0 saturated carbocycles. The standard InChI is InChI=1S/C19H30N4O/c1-14-10-15(2)13-23(12-14)19(21-4)22-9-8-16-6-5-7-17(11-16)18(24)20-3/h5-7,11,14-15H,8-10,12-13H2,1-4H3,(H,20,24)(H,21,22). The van der Waals surface area contributed by atoms with Gasteiger partial charge in [0.15, 0.2) is 5.96 Å². The highest BCUT2D eigenvalue weighted by Gasteiger charge is 2.23. The number of hydrogen-bond acceptors (Lipinski definition) is 2. The number of likely N-dealkylation sites (tertiary alicyclic amines) is 1. The van der Waals surface area contributed by atoms with Gasteiger partial charge in [0.25, 0.3) is 5.91 Å². The Balaban J connectivity index is 1.89. The molecule has 0 aromatic heterocycles. The van der Waals surface area contributed by atoms with Crippen LogP contribution in [-0.2, 0) is 6.42 Å². The number of carbonyl (C=O) groups excluding carboxylic acids is 1. The van der Waals surface area contributed by atoms with Crippen LogP contribution in [0, 0.1) is 11.8 Å². The zero-order valence-corrected chi connectivity index (χ0v) is 15.3. The van der Waals surface area contributed by atoms with Crippen molar-refractivity contribution >= 4 is 11.9 Å². The molecule has 5 heteroatoms. The molecule has 2 N–H and O–H groups in total. The largest absolute Gasteiger partial charge is 0.356 e. The lowest BCUT2D eigenvalue weighted by Crippen LogP contribution is -2.48. The number of nitrogens with one attached hydrogen (secondary N) is 2. The molecule has 1 saturated heterocycles. The Morgan fingerprint density at radius 1 is 1.29 bits per heavy atom. The highest BCUT2D eigenvalue weighted by molar-refractivity contribution is 5.94. The Hall–Kier alpha value is -2.04. The van der Waals surface area contributed by atoms with Gasteiger partial charge >= 0.3 is 0 Å². The molecule has 1 aliphatic heterocycles. The molecule has 0 bridgehead atoms. The van der Waals surface area contributed by atoms with Gasteiger partial charge in [-0.15, -0.1) is 0 Å². The first-order valence-corrected chi connectivity index (χ1v) is 8.80. The molecule has 1 heterocycles. The van der Waals surface area contributed by atoms with Gasteiger partial charge in [-0.3, -0.25) is 9.79 Å². The molecule has 5 nitrogen and oxygen atoms in total. The molecule has 0 aliphatic carbocycles. The van der Waals surface area contributed by atoms with Crippen LogP contribution < -0.4 is 10.6 Å². The molecule has 2 unspecified atom stereocenters. The van der Waals surface area contributed by atoms with Gasteiger partial charge in [0.05, 0.1) is 0 Å². The second kappa shape index (κ2) is 8.71. The van der Waals surface area contributed by atoms with Crippen molar-refractivity contribution in [2.75, 3.05) is 33.7 Å². The molecular weight excluding hydrogens is 300 g/mol. The quantitative estimate of drug-likeness (QED) is 0.657. The second-order valence-corrected chi connectivity index (χ2v) is 6.85. The van der Waals surface area contributed by atoms with Crippen molar-refractivity contribution in [1.82, 2.24) is 15.5 Å². The Kier molecular flexibility index (Phi) is 6.64. The fraction of sp³-hybridized carbons (Fsp3) is 0.579. The molecule has 0 spiro atoms.